The van der Waals surface area contributed by atoms with E-state index < -0.39 is 11.9 Å². The minimum absolute atomic E-state index is 0.374. The van der Waals surface area contributed by atoms with Crippen molar-refractivity contribution in [3.63, 3.8) is 0 Å². The Morgan fingerprint density at radius 2 is 2.11 bits per heavy atom. The van der Waals surface area contributed by atoms with E-state index in [0.717, 1.165) is 5.56 Å². The van der Waals surface area contributed by atoms with E-state index in [1.807, 2.05) is 13.0 Å². The SMILES string of the molecule is COc1ccc(F)cc1C(O)c1ncccc1C. The Hall–Kier alpha value is -1.94. The normalized spacial score (nSPS) is 12.2. The molecule has 0 radical (unpaired) electrons. The summed E-state index contributed by atoms with van der Waals surface area (Å²) in [6.07, 6.45) is 0.592. The molecule has 2 rings (SSSR count). The fraction of sp³-hybridized carbons (Fsp3) is 0.214. The molecule has 0 aliphatic carbocycles. The number of aliphatic hydroxyl groups is 1. The molecule has 1 heterocycles. The third-order valence-corrected chi connectivity index (χ3v) is 2.80. The van der Waals surface area contributed by atoms with E-state index in [9.17, 15) is 9.50 Å². The van der Waals surface area contributed by atoms with E-state index >= 15 is 0 Å². The van der Waals surface area contributed by atoms with Crippen LogP contribution in [0.1, 0.15) is 22.9 Å². The molecule has 0 spiro atoms. The smallest absolute Gasteiger partial charge is 0.125 e. The van der Waals surface area contributed by atoms with Gasteiger partial charge in [-0.3, -0.25) is 4.98 Å². The van der Waals surface area contributed by atoms with Gasteiger partial charge in [-0.1, -0.05) is 6.07 Å². The van der Waals surface area contributed by atoms with Gasteiger partial charge in [0.15, 0.2) is 0 Å². The second-order valence-corrected chi connectivity index (χ2v) is 3.99. The monoisotopic (exact) mass is 247 g/mol. The highest BCUT2D eigenvalue weighted by Gasteiger charge is 2.19. The van der Waals surface area contributed by atoms with Gasteiger partial charge in [0, 0.05) is 11.8 Å². The molecule has 0 aliphatic heterocycles. The zero-order chi connectivity index (χ0) is 13.1. The Balaban J connectivity index is 2.48. The second kappa shape index (κ2) is 5.14. The van der Waals surface area contributed by atoms with E-state index in [0.29, 0.717) is 17.0 Å². The van der Waals surface area contributed by atoms with Gasteiger partial charge < -0.3 is 9.84 Å². The third-order valence-electron chi connectivity index (χ3n) is 2.80. The largest absolute Gasteiger partial charge is 0.496 e. The lowest BCUT2D eigenvalue weighted by molar-refractivity contribution is 0.208. The van der Waals surface area contributed by atoms with Gasteiger partial charge in [0.2, 0.25) is 0 Å². The summed E-state index contributed by atoms with van der Waals surface area (Å²) in [6.45, 7) is 1.84. The van der Waals surface area contributed by atoms with E-state index in [-0.39, 0.29) is 0 Å². The number of hydrogen-bond donors (Lipinski definition) is 1. The summed E-state index contributed by atoms with van der Waals surface area (Å²) in [7, 11) is 1.48. The molecule has 94 valence electrons. The molecular weight excluding hydrogens is 233 g/mol. The summed E-state index contributed by atoms with van der Waals surface area (Å²) in [5.74, 6) is 0.0207. The first-order valence-electron chi connectivity index (χ1n) is 5.56. The summed E-state index contributed by atoms with van der Waals surface area (Å²) in [4.78, 5) is 4.13. The molecule has 1 aromatic heterocycles. The minimum atomic E-state index is -1.00. The van der Waals surface area contributed by atoms with Crippen LogP contribution in [0.5, 0.6) is 5.75 Å². The number of nitrogens with zero attached hydrogens (tertiary/aromatic N) is 1. The average molecular weight is 247 g/mol. The molecule has 0 saturated heterocycles. The number of aromatic nitrogens is 1. The molecule has 1 N–H and O–H groups in total. The average Bonchev–Trinajstić information content (AvgIpc) is 2.38. The number of halogens is 1. The number of aryl methyl sites for hydroxylation is 1. The highest BCUT2D eigenvalue weighted by Crippen LogP contribution is 2.30. The number of benzene rings is 1. The number of hydrogen-bond acceptors (Lipinski definition) is 3. The Kier molecular flexibility index (Phi) is 3.58. The number of pyridine rings is 1. The van der Waals surface area contributed by atoms with Crippen molar-refractivity contribution in [2.24, 2.45) is 0 Å². The lowest BCUT2D eigenvalue weighted by atomic mass is 10.0. The van der Waals surface area contributed by atoms with Crippen molar-refractivity contribution in [1.82, 2.24) is 4.98 Å². The van der Waals surface area contributed by atoms with Gasteiger partial charge in [-0.15, -0.1) is 0 Å². The van der Waals surface area contributed by atoms with Crippen LogP contribution in [-0.4, -0.2) is 17.2 Å². The Bertz CT molecular complexity index is 557. The van der Waals surface area contributed by atoms with Gasteiger partial charge in [0.25, 0.3) is 0 Å². The highest BCUT2D eigenvalue weighted by atomic mass is 19.1. The van der Waals surface area contributed by atoms with Gasteiger partial charge in [-0.25, -0.2) is 4.39 Å². The van der Waals surface area contributed by atoms with E-state index in [1.54, 1.807) is 12.3 Å². The first kappa shape index (κ1) is 12.5. The van der Waals surface area contributed by atoms with E-state index in [2.05, 4.69) is 4.98 Å². The van der Waals surface area contributed by atoms with Crippen LogP contribution in [0.2, 0.25) is 0 Å². The molecule has 0 aliphatic rings. The van der Waals surface area contributed by atoms with Crippen molar-refractivity contribution in [3.8, 4) is 5.75 Å². The number of ether oxygens (including phenoxy) is 1. The zero-order valence-corrected chi connectivity index (χ0v) is 10.2. The molecular formula is C14H14FNO2. The fourth-order valence-electron chi connectivity index (χ4n) is 1.85. The van der Waals surface area contributed by atoms with E-state index in [1.165, 1.54) is 25.3 Å². The maximum absolute atomic E-state index is 13.3. The van der Waals surface area contributed by atoms with Crippen LogP contribution in [0.3, 0.4) is 0 Å². The van der Waals surface area contributed by atoms with Crippen LogP contribution >= 0.6 is 0 Å². The van der Waals surface area contributed by atoms with Crippen LogP contribution in [0, 0.1) is 12.7 Å². The van der Waals surface area contributed by atoms with Gasteiger partial charge in [0.1, 0.15) is 17.7 Å². The zero-order valence-electron chi connectivity index (χ0n) is 10.2. The first-order chi connectivity index (χ1) is 8.63. The maximum Gasteiger partial charge on any atom is 0.125 e. The highest BCUT2D eigenvalue weighted by molar-refractivity contribution is 5.40. The van der Waals surface area contributed by atoms with Gasteiger partial charge >= 0.3 is 0 Å². The van der Waals surface area contributed by atoms with Crippen molar-refractivity contribution in [2.45, 2.75) is 13.0 Å². The number of rotatable bonds is 3. The van der Waals surface area contributed by atoms with Crippen molar-refractivity contribution in [3.05, 3.63) is 59.2 Å². The summed E-state index contributed by atoms with van der Waals surface area (Å²) in [5.41, 5.74) is 1.72. The quantitative estimate of drug-likeness (QED) is 0.906. The van der Waals surface area contributed by atoms with Crippen LogP contribution in [-0.2, 0) is 0 Å². The predicted molar refractivity (Wildman–Crippen MR) is 66.0 cm³/mol. The molecule has 0 bridgehead atoms. The molecule has 3 nitrogen and oxygen atoms in total. The van der Waals surface area contributed by atoms with Crippen molar-refractivity contribution >= 4 is 0 Å². The molecule has 0 amide bonds. The van der Waals surface area contributed by atoms with Gasteiger partial charge in [0.05, 0.1) is 12.8 Å². The molecule has 18 heavy (non-hydrogen) atoms. The van der Waals surface area contributed by atoms with E-state index in [4.69, 9.17) is 4.74 Å². The summed E-state index contributed by atoms with van der Waals surface area (Å²) < 4.78 is 18.4. The molecule has 1 unspecified atom stereocenters. The molecule has 2 aromatic rings. The lowest BCUT2D eigenvalue weighted by Gasteiger charge is -2.16. The fourth-order valence-corrected chi connectivity index (χ4v) is 1.85. The van der Waals surface area contributed by atoms with Gasteiger partial charge in [-0.05, 0) is 36.8 Å². The van der Waals surface area contributed by atoms with Gasteiger partial charge in [-0.2, -0.15) is 0 Å². The minimum Gasteiger partial charge on any atom is -0.496 e. The molecule has 1 aromatic carbocycles. The standard InChI is InChI=1S/C14H14FNO2/c1-9-4-3-7-16-13(9)14(17)11-8-10(15)5-6-12(11)18-2/h3-8,14,17H,1-2H3. The number of methoxy groups -OCH3 is 1. The predicted octanol–water partition coefficient (Wildman–Crippen LogP) is 2.62. The molecule has 0 fully saturated rings. The Morgan fingerprint density at radius 1 is 1.33 bits per heavy atom. The summed E-state index contributed by atoms with van der Waals surface area (Å²) >= 11 is 0. The van der Waals surface area contributed by atoms with Crippen molar-refractivity contribution in [1.29, 1.82) is 0 Å². The maximum atomic E-state index is 13.3. The van der Waals surface area contributed by atoms with Crippen LogP contribution in [0.4, 0.5) is 4.39 Å². The first-order valence-corrected chi connectivity index (χ1v) is 5.56. The van der Waals surface area contributed by atoms with Crippen molar-refractivity contribution < 1.29 is 14.2 Å². The number of aliphatic hydroxyl groups excluding tert-OH is 1. The Labute approximate surface area is 105 Å². The second-order valence-electron chi connectivity index (χ2n) is 3.99. The van der Waals surface area contributed by atoms with Crippen molar-refractivity contribution in [2.75, 3.05) is 7.11 Å². The van der Waals surface area contributed by atoms with Crippen LogP contribution in [0.25, 0.3) is 0 Å². The van der Waals surface area contributed by atoms with Crippen LogP contribution < -0.4 is 4.74 Å². The molecule has 1 atom stereocenters. The third kappa shape index (κ3) is 2.33. The summed E-state index contributed by atoms with van der Waals surface area (Å²) in [6, 6.07) is 7.68. The Morgan fingerprint density at radius 3 is 2.78 bits per heavy atom. The lowest BCUT2D eigenvalue weighted by Crippen LogP contribution is -2.06. The summed E-state index contributed by atoms with van der Waals surface area (Å²) in [5, 5.41) is 10.3. The topological polar surface area (TPSA) is 42.4 Å². The van der Waals surface area contributed by atoms with Crippen LogP contribution in [0.15, 0.2) is 36.5 Å². The molecule has 4 heteroatoms. The molecule has 0 saturated carbocycles.